The zero-order valence-electron chi connectivity index (χ0n) is 42.2. The van der Waals surface area contributed by atoms with Crippen molar-refractivity contribution >= 4 is 90.3 Å². The van der Waals surface area contributed by atoms with Crippen LogP contribution in [-0.2, 0) is 49.6 Å². The molecule has 1 rings (SSSR count). The molecule has 0 fully saturated rings. The molecule has 0 radical (unpaired) electrons. The van der Waals surface area contributed by atoms with Crippen molar-refractivity contribution in [3.05, 3.63) is 29.8 Å². The number of hydrogen-bond donors (Lipinski definition) is 17. The largest absolute Gasteiger partial charge is 0.508 e. The Morgan fingerprint density at radius 2 is 0.959 bits per heavy atom. The second kappa shape index (κ2) is 33.2. The number of aliphatic hydroxyl groups is 1. The molecule has 26 nitrogen and oxygen atoms in total. The van der Waals surface area contributed by atoms with Crippen LogP contribution in [0.5, 0.6) is 5.75 Å². The minimum atomic E-state index is -1.72. The summed E-state index contributed by atoms with van der Waals surface area (Å²) >= 11 is 8.39. The van der Waals surface area contributed by atoms with Crippen LogP contribution in [0.1, 0.15) is 85.6 Å². The lowest BCUT2D eigenvalue weighted by Crippen LogP contribution is -2.63. The number of carbonyl (C=O) groups excluding carboxylic acids is 9. The second-order valence-electron chi connectivity index (χ2n) is 17.8. The molecule has 10 atom stereocenters. The number of benzene rings is 1. The van der Waals surface area contributed by atoms with Crippen LogP contribution in [0.4, 0.5) is 0 Å². The molecule has 20 N–H and O–H groups in total. The number of aliphatic imine (C=N–C) groups is 2. The Labute approximate surface area is 436 Å². The fraction of sp³-hybridized carbons (Fsp3) is 0.622. The summed E-state index contributed by atoms with van der Waals surface area (Å²) in [6, 6.07) is -4.89. The molecule has 1 aromatic carbocycles. The maximum absolute atomic E-state index is 14.0. The molecule has 410 valence electrons. The van der Waals surface area contributed by atoms with Crippen molar-refractivity contribution in [3.8, 4) is 5.75 Å². The van der Waals surface area contributed by atoms with Crippen molar-refractivity contribution in [2.24, 2.45) is 50.5 Å². The minimum Gasteiger partial charge on any atom is -0.508 e. The molecule has 0 aliphatic heterocycles. The van der Waals surface area contributed by atoms with Crippen LogP contribution < -0.4 is 71.2 Å². The van der Waals surface area contributed by atoms with Gasteiger partial charge in [0, 0.05) is 37.9 Å². The van der Waals surface area contributed by atoms with Gasteiger partial charge in [-0.3, -0.25) is 53.1 Å². The molecule has 0 heterocycles. The van der Waals surface area contributed by atoms with E-state index in [1.165, 1.54) is 38.1 Å². The number of nitrogens with zero attached hydrogens (tertiary/aromatic N) is 2. The monoisotopic (exact) mass is 1070 g/mol. The number of primary amides is 1. The standard InChI is InChI=1S/C45H77N15O11S2/c1-7-23(4)34(59-39(67)31(18-22(2)3)57-40(68)32(20-72)53-25(6)62)42(70)60-35(24(5)61)43(71)55-29(11-9-17-52-45(49)50)38(66)58-33(21-73)41(69)54-28(10-8-16-51-44(47)48)37(65)56-30(36(46)64)19-26-12-14-27(63)15-13-26/h12-15,22-24,28-35,61,63,72-73H,7-11,16-21H2,1-6H3,(H2,46,64)(H,53,62)(H,54,69)(H,55,71)(H,56,65)(H,57,68)(H,58,66)(H,59,67)(H,60,70)(H4,47,48,51)(H4,49,50,52)/t23-,24+,28-,29-,30-,31-,32+,33-,34-,35+/m0/s1. The molecule has 28 heteroatoms. The predicted molar refractivity (Wildman–Crippen MR) is 280 cm³/mol. The molecular formula is C45H77N15O11S2. The van der Waals surface area contributed by atoms with E-state index in [0.717, 1.165) is 0 Å². The van der Waals surface area contributed by atoms with Crippen molar-refractivity contribution in [1.82, 2.24) is 42.5 Å². The van der Waals surface area contributed by atoms with Gasteiger partial charge in [-0.15, -0.1) is 0 Å². The van der Waals surface area contributed by atoms with E-state index in [9.17, 15) is 53.4 Å². The molecule has 0 spiro atoms. The van der Waals surface area contributed by atoms with E-state index in [1.807, 2.05) is 13.8 Å². The highest BCUT2D eigenvalue weighted by Crippen LogP contribution is 2.14. The molecule has 73 heavy (non-hydrogen) atoms. The van der Waals surface area contributed by atoms with Crippen LogP contribution in [-0.4, -0.2) is 154 Å². The zero-order valence-corrected chi connectivity index (χ0v) is 44.0. The van der Waals surface area contributed by atoms with Crippen LogP contribution in [0.15, 0.2) is 34.3 Å². The van der Waals surface area contributed by atoms with Gasteiger partial charge in [-0.1, -0.05) is 46.2 Å². The van der Waals surface area contributed by atoms with E-state index in [2.05, 4.69) is 77.8 Å². The van der Waals surface area contributed by atoms with Crippen LogP contribution >= 0.6 is 25.3 Å². The van der Waals surface area contributed by atoms with Crippen molar-refractivity contribution < 1.29 is 53.4 Å². The number of nitrogens with two attached hydrogens (primary N) is 5. The average molecular weight is 1070 g/mol. The number of hydrogen-bond acceptors (Lipinski definition) is 15. The predicted octanol–water partition coefficient (Wildman–Crippen LogP) is -4.24. The first-order valence-corrected chi connectivity index (χ1v) is 25.0. The number of amides is 9. The fourth-order valence-corrected chi connectivity index (χ4v) is 7.44. The molecule has 9 amide bonds. The second-order valence-corrected chi connectivity index (χ2v) is 18.6. The fourth-order valence-electron chi connectivity index (χ4n) is 6.93. The summed E-state index contributed by atoms with van der Waals surface area (Å²) < 4.78 is 0. The third-order valence-electron chi connectivity index (χ3n) is 11.1. The number of aromatic hydroxyl groups is 1. The van der Waals surface area contributed by atoms with Gasteiger partial charge >= 0.3 is 0 Å². The maximum Gasteiger partial charge on any atom is 0.245 e. The summed E-state index contributed by atoms with van der Waals surface area (Å²) in [7, 11) is 0. The number of aliphatic hydroxyl groups excluding tert-OH is 1. The van der Waals surface area contributed by atoms with E-state index >= 15 is 0 Å². The van der Waals surface area contributed by atoms with Gasteiger partial charge in [0.15, 0.2) is 11.9 Å². The van der Waals surface area contributed by atoms with Crippen LogP contribution in [0, 0.1) is 11.8 Å². The summed E-state index contributed by atoms with van der Waals surface area (Å²) in [6.45, 7) is 9.53. The molecule has 1 aromatic rings. The number of phenolic OH excluding ortho intramolecular Hbond substituents is 1. The van der Waals surface area contributed by atoms with Gasteiger partial charge < -0.3 is 81.4 Å². The smallest absolute Gasteiger partial charge is 0.245 e. The Bertz CT molecular complexity index is 2070. The molecular weight excluding hydrogens is 991 g/mol. The molecule has 0 aromatic heterocycles. The quantitative estimate of drug-likeness (QED) is 0.0137. The van der Waals surface area contributed by atoms with Crippen molar-refractivity contribution in [3.63, 3.8) is 0 Å². The summed E-state index contributed by atoms with van der Waals surface area (Å²) in [5.41, 5.74) is 28.0. The number of phenols is 1. The van der Waals surface area contributed by atoms with Gasteiger partial charge in [-0.2, -0.15) is 25.3 Å². The van der Waals surface area contributed by atoms with E-state index in [4.69, 9.17) is 28.7 Å². The van der Waals surface area contributed by atoms with Crippen molar-refractivity contribution in [2.45, 2.75) is 141 Å². The number of nitrogens with one attached hydrogen (secondary N) is 8. The third kappa shape index (κ3) is 24.6. The maximum atomic E-state index is 14.0. The lowest BCUT2D eigenvalue weighted by atomic mass is 9.96. The molecule has 0 aliphatic rings. The molecule has 0 aliphatic carbocycles. The van der Waals surface area contributed by atoms with Crippen molar-refractivity contribution in [2.75, 3.05) is 24.6 Å². The van der Waals surface area contributed by atoms with E-state index in [-0.39, 0.29) is 86.7 Å². The normalized spacial score (nSPS) is 15.1. The third-order valence-corrected chi connectivity index (χ3v) is 11.8. The summed E-state index contributed by atoms with van der Waals surface area (Å²) in [5, 5.41) is 40.9. The number of rotatable bonds is 33. The molecule has 0 saturated carbocycles. The van der Waals surface area contributed by atoms with E-state index < -0.39 is 114 Å². The Balaban J connectivity index is 3.45. The van der Waals surface area contributed by atoms with Gasteiger partial charge in [-0.05, 0) is 68.6 Å². The Morgan fingerprint density at radius 1 is 0.562 bits per heavy atom. The topological polar surface area (TPSA) is 445 Å². The highest BCUT2D eigenvalue weighted by molar-refractivity contribution is 7.80. The average Bonchev–Trinajstić information content (AvgIpc) is 3.31. The van der Waals surface area contributed by atoms with Gasteiger partial charge in [0.2, 0.25) is 53.2 Å². The first-order valence-electron chi connectivity index (χ1n) is 23.7. The van der Waals surface area contributed by atoms with E-state index in [0.29, 0.717) is 12.0 Å². The zero-order chi connectivity index (χ0) is 55.5. The Hall–Kier alpha value is -6.55. The molecule has 0 bridgehead atoms. The van der Waals surface area contributed by atoms with Crippen LogP contribution in [0.25, 0.3) is 0 Å². The summed E-state index contributed by atoms with van der Waals surface area (Å²) in [5.74, 6) is -8.94. The lowest BCUT2D eigenvalue weighted by Gasteiger charge is -2.30. The molecule has 0 unspecified atom stereocenters. The summed E-state index contributed by atoms with van der Waals surface area (Å²) in [6.07, 6.45) is -1.09. The van der Waals surface area contributed by atoms with Gasteiger partial charge in [-0.25, -0.2) is 0 Å². The Kier molecular flexibility index (Phi) is 29.3. The van der Waals surface area contributed by atoms with Crippen LogP contribution in [0.3, 0.4) is 0 Å². The Morgan fingerprint density at radius 3 is 1.38 bits per heavy atom. The minimum absolute atomic E-state index is 0.00178. The van der Waals surface area contributed by atoms with Gasteiger partial charge in [0.25, 0.3) is 0 Å². The van der Waals surface area contributed by atoms with Crippen molar-refractivity contribution in [1.29, 1.82) is 0 Å². The van der Waals surface area contributed by atoms with E-state index in [1.54, 1.807) is 13.8 Å². The highest BCUT2D eigenvalue weighted by atomic mass is 32.1. The summed E-state index contributed by atoms with van der Waals surface area (Å²) in [4.78, 5) is 128. The van der Waals surface area contributed by atoms with Crippen LogP contribution in [0.2, 0.25) is 0 Å². The first-order chi connectivity index (χ1) is 34.2. The van der Waals surface area contributed by atoms with Gasteiger partial charge in [0.05, 0.1) is 6.10 Å². The SMILES string of the molecule is CC[C@H](C)[C@H](NC(=O)[C@H](CC(C)C)NC(=O)[C@@H](CS)NC(C)=O)C(=O)N[C@@H](C(=O)N[C@@H](CCCN=C(N)N)C(=O)N[C@@H](CS)C(=O)N[C@@H](CCCN=C(N)N)C(=O)N[C@@H](Cc1ccc(O)cc1)C(N)=O)[C@@H](C)O. The number of carbonyl (C=O) groups is 9. The number of thiol groups is 2. The van der Waals surface area contributed by atoms with Gasteiger partial charge in [0.1, 0.15) is 54.1 Å². The lowest BCUT2D eigenvalue weighted by molar-refractivity contribution is -0.137. The first kappa shape index (κ1) is 64.5. The highest BCUT2D eigenvalue weighted by Gasteiger charge is 2.37. The molecule has 0 saturated heterocycles. The number of guanidine groups is 2.